The Morgan fingerprint density at radius 2 is 2.19 bits per heavy atom. The number of aromatic amines is 1. The van der Waals surface area contributed by atoms with Crippen LogP contribution in [0.4, 0.5) is 0 Å². The van der Waals surface area contributed by atoms with Crippen molar-refractivity contribution in [2.45, 2.75) is 32.6 Å². The summed E-state index contributed by atoms with van der Waals surface area (Å²) in [5.74, 6) is -0.178. The summed E-state index contributed by atoms with van der Waals surface area (Å²) in [7, 11) is 0. The van der Waals surface area contributed by atoms with Gasteiger partial charge in [0, 0.05) is 24.4 Å². The van der Waals surface area contributed by atoms with Crippen LogP contribution in [0.2, 0.25) is 0 Å². The maximum absolute atomic E-state index is 11.6. The zero-order chi connectivity index (χ0) is 11.8. The van der Waals surface area contributed by atoms with Gasteiger partial charge in [0.15, 0.2) is 0 Å². The maximum atomic E-state index is 11.6. The van der Waals surface area contributed by atoms with Gasteiger partial charge in [0.05, 0.1) is 0 Å². The van der Waals surface area contributed by atoms with Crippen molar-refractivity contribution in [2.24, 2.45) is 0 Å². The molecule has 1 heterocycles. The highest BCUT2D eigenvalue weighted by Crippen LogP contribution is 1.98. The van der Waals surface area contributed by atoms with E-state index in [1.54, 1.807) is 6.07 Å². The molecular weight excluding hydrogens is 204 g/mol. The Labute approximate surface area is 95.1 Å². The SMILES string of the molecule is CCCCCCNC(=O)c1cc[nH]c(=O)c1. The van der Waals surface area contributed by atoms with E-state index >= 15 is 0 Å². The molecule has 2 N–H and O–H groups in total. The maximum Gasteiger partial charge on any atom is 0.251 e. The first kappa shape index (κ1) is 12.5. The first-order chi connectivity index (χ1) is 7.74. The van der Waals surface area contributed by atoms with Gasteiger partial charge in [-0.25, -0.2) is 0 Å². The van der Waals surface area contributed by atoms with E-state index in [0.29, 0.717) is 12.1 Å². The molecule has 1 amide bonds. The number of carbonyl (C=O) groups excluding carboxylic acids is 1. The number of hydrogen-bond acceptors (Lipinski definition) is 2. The van der Waals surface area contributed by atoms with E-state index in [9.17, 15) is 9.59 Å². The number of aromatic nitrogens is 1. The first-order valence-corrected chi connectivity index (χ1v) is 5.71. The summed E-state index contributed by atoms with van der Waals surface area (Å²) in [4.78, 5) is 25.0. The van der Waals surface area contributed by atoms with E-state index in [1.165, 1.54) is 25.1 Å². The number of carbonyl (C=O) groups is 1. The zero-order valence-corrected chi connectivity index (χ0v) is 9.58. The molecule has 1 rings (SSSR count). The van der Waals surface area contributed by atoms with E-state index in [4.69, 9.17) is 0 Å². The molecule has 0 atom stereocenters. The van der Waals surface area contributed by atoms with Gasteiger partial charge in [-0.05, 0) is 12.5 Å². The van der Waals surface area contributed by atoms with Gasteiger partial charge < -0.3 is 10.3 Å². The summed E-state index contributed by atoms with van der Waals surface area (Å²) >= 11 is 0. The van der Waals surface area contributed by atoms with Crippen molar-refractivity contribution in [1.29, 1.82) is 0 Å². The van der Waals surface area contributed by atoms with E-state index < -0.39 is 0 Å². The second-order valence-electron chi connectivity index (χ2n) is 3.76. The Morgan fingerprint density at radius 3 is 2.88 bits per heavy atom. The largest absolute Gasteiger partial charge is 0.352 e. The van der Waals surface area contributed by atoms with Gasteiger partial charge in [0.2, 0.25) is 5.56 Å². The Kier molecular flexibility index (Phi) is 5.32. The van der Waals surface area contributed by atoms with Crippen molar-refractivity contribution in [1.82, 2.24) is 10.3 Å². The van der Waals surface area contributed by atoms with Crippen molar-refractivity contribution >= 4 is 5.91 Å². The van der Waals surface area contributed by atoms with Crippen LogP contribution in [0.15, 0.2) is 23.1 Å². The third-order valence-electron chi connectivity index (χ3n) is 2.35. The van der Waals surface area contributed by atoms with Crippen LogP contribution < -0.4 is 10.9 Å². The molecule has 1 aromatic heterocycles. The number of amides is 1. The fourth-order valence-electron chi connectivity index (χ4n) is 1.44. The molecule has 0 aromatic carbocycles. The molecule has 88 valence electrons. The highest BCUT2D eigenvalue weighted by molar-refractivity contribution is 5.93. The summed E-state index contributed by atoms with van der Waals surface area (Å²) in [6, 6.07) is 2.91. The average molecular weight is 222 g/mol. The molecule has 0 unspecified atom stereocenters. The van der Waals surface area contributed by atoms with E-state index in [2.05, 4.69) is 17.2 Å². The van der Waals surface area contributed by atoms with Crippen LogP contribution in [0.5, 0.6) is 0 Å². The molecule has 0 spiro atoms. The lowest BCUT2D eigenvalue weighted by Crippen LogP contribution is -2.25. The highest BCUT2D eigenvalue weighted by Gasteiger charge is 2.04. The van der Waals surface area contributed by atoms with Crippen molar-refractivity contribution in [3.8, 4) is 0 Å². The summed E-state index contributed by atoms with van der Waals surface area (Å²) in [6.45, 7) is 2.82. The summed E-state index contributed by atoms with van der Waals surface area (Å²) in [5.41, 5.74) is 0.165. The Morgan fingerprint density at radius 1 is 1.38 bits per heavy atom. The summed E-state index contributed by atoms with van der Waals surface area (Å²) < 4.78 is 0. The number of hydrogen-bond donors (Lipinski definition) is 2. The molecular formula is C12H18N2O2. The Balaban J connectivity index is 2.33. The van der Waals surface area contributed by atoms with Crippen molar-refractivity contribution in [2.75, 3.05) is 6.54 Å². The lowest BCUT2D eigenvalue weighted by molar-refractivity contribution is 0.0952. The smallest absolute Gasteiger partial charge is 0.251 e. The summed E-state index contributed by atoms with van der Waals surface area (Å²) in [5, 5.41) is 2.79. The lowest BCUT2D eigenvalue weighted by Gasteiger charge is -2.04. The van der Waals surface area contributed by atoms with Crippen molar-refractivity contribution < 1.29 is 4.79 Å². The predicted molar refractivity (Wildman–Crippen MR) is 63.5 cm³/mol. The zero-order valence-electron chi connectivity index (χ0n) is 9.58. The minimum atomic E-state index is -0.251. The van der Waals surface area contributed by atoms with Gasteiger partial charge in [0.1, 0.15) is 0 Å². The molecule has 16 heavy (non-hydrogen) atoms. The third kappa shape index (κ3) is 4.29. The van der Waals surface area contributed by atoms with E-state index in [1.807, 2.05) is 0 Å². The lowest BCUT2D eigenvalue weighted by atomic mass is 10.2. The van der Waals surface area contributed by atoms with Gasteiger partial charge in [-0.2, -0.15) is 0 Å². The summed E-state index contributed by atoms with van der Waals surface area (Å²) in [6.07, 6.45) is 5.98. The second-order valence-corrected chi connectivity index (χ2v) is 3.76. The van der Waals surface area contributed by atoms with Gasteiger partial charge >= 0.3 is 0 Å². The topological polar surface area (TPSA) is 62.0 Å². The number of nitrogens with one attached hydrogen (secondary N) is 2. The van der Waals surface area contributed by atoms with Gasteiger partial charge in [-0.15, -0.1) is 0 Å². The van der Waals surface area contributed by atoms with Crippen molar-refractivity contribution in [3.63, 3.8) is 0 Å². The molecule has 0 fully saturated rings. The quantitative estimate of drug-likeness (QED) is 0.719. The molecule has 0 bridgehead atoms. The monoisotopic (exact) mass is 222 g/mol. The number of unbranched alkanes of at least 4 members (excludes halogenated alkanes) is 3. The molecule has 4 nitrogen and oxygen atoms in total. The van der Waals surface area contributed by atoms with Crippen LogP contribution in [-0.4, -0.2) is 17.4 Å². The van der Waals surface area contributed by atoms with Crippen LogP contribution in [0, 0.1) is 0 Å². The molecule has 1 aromatic rings. The normalized spacial score (nSPS) is 10.1. The number of rotatable bonds is 6. The van der Waals surface area contributed by atoms with Crippen LogP contribution in [0.1, 0.15) is 43.0 Å². The molecule has 0 radical (unpaired) electrons. The fraction of sp³-hybridized carbons (Fsp3) is 0.500. The molecule has 0 aliphatic carbocycles. The molecule has 0 saturated carbocycles. The highest BCUT2D eigenvalue weighted by atomic mass is 16.2. The second kappa shape index (κ2) is 6.82. The van der Waals surface area contributed by atoms with Gasteiger partial charge in [-0.3, -0.25) is 9.59 Å². The number of pyridine rings is 1. The Hall–Kier alpha value is -1.58. The minimum absolute atomic E-state index is 0.178. The molecule has 0 saturated heterocycles. The minimum Gasteiger partial charge on any atom is -0.352 e. The van der Waals surface area contributed by atoms with Gasteiger partial charge in [-0.1, -0.05) is 26.2 Å². The van der Waals surface area contributed by atoms with Crippen LogP contribution in [0.25, 0.3) is 0 Å². The average Bonchev–Trinajstić information content (AvgIpc) is 2.28. The molecule has 0 aliphatic rings. The van der Waals surface area contributed by atoms with Crippen LogP contribution >= 0.6 is 0 Å². The van der Waals surface area contributed by atoms with Crippen LogP contribution in [-0.2, 0) is 0 Å². The Bertz CT molecular complexity index is 385. The third-order valence-corrected chi connectivity index (χ3v) is 2.35. The van der Waals surface area contributed by atoms with E-state index in [0.717, 1.165) is 12.8 Å². The number of H-pyrrole nitrogens is 1. The van der Waals surface area contributed by atoms with E-state index in [-0.39, 0.29) is 11.5 Å². The first-order valence-electron chi connectivity index (χ1n) is 5.71. The van der Waals surface area contributed by atoms with Gasteiger partial charge in [0.25, 0.3) is 5.91 Å². The van der Waals surface area contributed by atoms with Crippen molar-refractivity contribution in [3.05, 3.63) is 34.2 Å². The fourth-order valence-corrected chi connectivity index (χ4v) is 1.44. The van der Waals surface area contributed by atoms with Crippen LogP contribution in [0.3, 0.4) is 0 Å². The molecule has 4 heteroatoms. The standard InChI is InChI=1S/C12H18N2O2/c1-2-3-4-5-7-14-12(16)10-6-8-13-11(15)9-10/h6,8-9H,2-5,7H2,1H3,(H,13,15)(H,14,16). The predicted octanol–water partition coefficient (Wildman–Crippen LogP) is 1.68. The molecule has 0 aliphatic heterocycles.